The maximum Gasteiger partial charge on any atom is 0.310 e. The number of ether oxygens (including phenoxy) is 3. The average Bonchev–Trinajstić information content (AvgIpc) is 3.28. The number of carbonyl (C=O) groups is 1. The fourth-order valence-electron chi connectivity index (χ4n) is 3.64. The highest BCUT2D eigenvalue weighted by Gasteiger charge is 2.19. The Hall–Kier alpha value is -4.26. The largest absolute Gasteiger partial charge is 0.494 e. The molecule has 4 aromatic rings. The number of nitrogens with zero attached hydrogens (tertiary/aromatic N) is 1. The highest BCUT2D eigenvalue weighted by molar-refractivity contribution is 5.77. The Labute approximate surface area is 210 Å². The molecule has 1 N–H and O–H groups in total. The Bertz CT molecular complexity index is 1300. The number of aromatic nitrogens is 1. The molecule has 0 aliphatic carbocycles. The Morgan fingerprint density at radius 2 is 1.64 bits per heavy atom. The van der Waals surface area contributed by atoms with E-state index in [0.717, 1.165) is 22.6 Å². The summed E-state index contributed by atoms with van der Waals surface area (Å²) < 4.78 is 23.2. The molecule has 186 valence electrons. The maximum atomic E-state index is 11.5. The minimum absolute atomic E-state index is 0.300. The van der Waals surface area contributed by atoms with Gasteiger partial charge in [-0.3, -0.25) is 4.79 Å². The van der Waals surface area contributed by atoms with Crippen LogP contribution in [0.4, 0.5) is 0 Å². The zero-order valence-electron chi connectivity index (χ0n) is 20.6. The van der Waals surface area contributed by atoms with Gasteiger partial charge in [0.15, 0.2) is 0 Å². The van der Waals surface area contributed by atoms with Crippen LogP contribution in [-0.4, -0.2) is 22.7 Å². The molecular formula is C29H29NO6. The van der Waals surface area contributed by atoms with E-state index >= 15 is 0 Å². The number of aliphatic carboxylic acids is 1. The van der Waals surface area contributed by atoms with Gasteiger partial charge in [-0.05, 0) is 68.8 Å². The lowest BCUT2D eigenvalue weighted by atomic mass is 10.00. The van der Waals surface area contributed by atoms with Gasteiger partial charge < -0.3 is 23.7 Å². The molecule has 4 rings (SSSR count). The number of oxazole rings is 1. The van der Waals surface area contributed by atoms with Gasteiger partial charge in [0.1, 0.15) is 41.9 Å². The Morgan fingerprint density at radius 1 is 0.944 bits per heavy atom. The fourth-order valence-corrected chi connectivity index (χ4v) is 3.64. The summed E-state index contributed by atoms with van der Waals surface area (Å²) in [4.78, 5) is 16.1. The number of hydrogen-bond donors (Lipinski definition) is 1. The van der Waals surface area contributed by atoms with Crippen molar-refractivity contribution >= 4 is 5.97 Å². The minimum Gasteiger partial charge on any atom is -0.494 e. The van der Waals surface area contributed by atoms with E-state index in [1.165, 1.54) is 0 Å². The maximum absolute atomic E-state index is 11.5. The smallest absolute Gasteiger partial charge is 0.310 e. The first-order chi connectivity index (χ1) is 17.4. The van der Waals surface area contributed by atoms with Crippen LogP contribution in [0.15, 0.2) is 77.2 Å². The van der Waals surface area contributed by atoms with Crippen LogP contribution in [0.1, 0.15) is 42.3 Å². The molecule has 1 aromatic heterocycles. The van der Waals surface area contributed by atoms with Crippen LogP contribution in [0.25, 0.3) is 11.5 Å². The molecule has 0 spiro atoms. The van der Waals surface area contributed by atoms with Crippen molar-refractivity contribution in [2.24, 2.45) is 0 Å². The molecule has 0 aliphatic heterocycles. The Balaban J connectivity index is 1.35. The second-order valence-electron chi connectivity index (χ2n) is 8.30. The van der Waals surface area contributed by atoms with E-state index in [-0.39, 0.29) is 0 Å². The third kappa shape index (κ3) is 6.05. The summed E-state index contributed by atoms with van der Waals surface area (Å²) >= 11 is 0. The van der Waals surface area contributed by atoms with Gasteiger partial charge in [0, 0.05) is 11.1 Å². The summed E-state index contributed by atoms with van der Waals surface area (Å²) in [6, 6.07) is 22.6. The van der Waals surface area contributed by atoms with Crippen molar-refractivity contribution in [1.29, 1.82) is 0 Å². The summed E-state index contributed by atoms with van der Waals surface area (Å²) in [5.41, 5.74) is 3.22. The van der Waals surface area contributed by atoms with Crippen molar-refractivity contribution in [2.45, 2.75) is 39.9 Å². The molecule has 3 aromatic carbocycles. The van der Waals surface area contributed by atoms with Crippen LogP contribution in [0, 0.1) is 6.92 Å². The lowest BCUT2D eigenvalue weighted by molar-refractivity contribution is -0.138. The molecule has 0 bridgehead atoms. The average molecular weight is 488 g/mol. The second kappa shape index (κ2) is 11.4. The van der Waals surface area contributed by atoms with E-state index in [2.05, 4.69) is 4.98 Å². The first-order valence-electron chi connectivity index (χ1n) is 11.8. The van der Waals surface area contributed by atoms with Crippen molar-refractivity contribution in [2.75, 3.05) is 6.61 Å². The number of carboxylic acid groups (broad SMARTS) is 1. The predicted molar refractivity (Wildman–Crippen MR) is 135 cm³/mol. The van der Waals surface area contributed by atoms with Crippen LogP contribution in [0.5, 0.6) is 17.2 Å². The molecule has 0 aliphatic rings. The lowest BCUT2D eigenvalue weighted by Crippen LogP contribution is -2.10. The van der Waals surface area contributed by atoms with Crippen molar-refractivity contribution in [1.82, 2.24) is 4.98 Å². The van der Waals surface area contributed by atoms with Crippen LogP contribution >= 0.6 is 0 Å². The van der Waals surface area contributed by atoms with Crippen molar-refractivity contribution in [3.63, 3.8) is 0 Å². The summed E-state index contributed by atoms with van der Waals surface area (Å²) in [5.74, 6) is 1.53. The third-order valence-corrected chi connectivity index (χ3v) is 5.74. The summed E-state index contributed by atoms with van der Waals surface area (Å²) in [7, 11) is 0. The molecule has 7 heteroatoms. The van der Waals surface area contributed by atoms with E-state index < -0.39 is 11.9 Å². The quantitative estimate of drug-likeness (QED) is 0.262. The van der Waals surface area contributed by atoms with Crippen molar-refractivity contribution < 1.29 is 28.5 Å². The first kappa shape index (κ1) is 24.9. The Kier molecular flexibility index (Phi) is 7.90. The third-order valence-electron chi connectivity index (χ3n) is 5.74. The van der Waals surface area contributed by atoms with E-state index in [9.17, 15) is 9.90 Å². The molecule has 0 fully saturated rings. The van der Waals surface area contributed by atoms with Gasteiger partial charge in [-0.1, -0.05) is 30.3 Å². The molecular weight excluding hydrogens is 458 g/mol. The molecule has 1 atom stereocenters. The molecule has 0 saturated carbocycles. The highest BCUT2D eigenvalue weighted by Crippen LogP contribution is 2.31. The molecule has 7 nitrogen and oxygen atoms in total. The van der Waals surface area contributed by atoms with Crippen LogP contribution in [0.3, 0.4) is 0 Å². The van der Waals surface area contributed by atoms with Crippen molar-refractivity contribution in [3.8, 4) is 28.7 Å². The van der Waals surface area contributed by atoms with Gasteiger partial charge in [-0.25, -0.2) is 4.98 Å². The minimum atomic E-state index is -0.916. The van der Waals surface area contributed by atoms with Crippen LogP contribution in [-0.2, 0) is 18.0 Å². The van der Waals surface area contributed by atoms with E-state index in [1.807, 2.05) is 68.4 Å². The summed E-state index contributed by atoms with van der Waals surface area (Å²) in [5, 5.41) is 9.42. The predicted octanol–water partition coefficient (Wildman–Crippen LogP) is 6.39. The van der Waals surface area contributed by atoms with Gasteiger partial charge in [0.05, 0.1) is 12.5 Å². The lowest BCUT2D eigenvalue weighted by Gasteiger charge is -2.15. The number of hydrogen-bond acceptors (Lipinski definition) is 6. The topological polar surface area (TPSA) is 91.0 Å². The fraction of sp³-hybridized carbons (Fsp3) is 0.241. The molecule has 1 unspecified atom stereocenters. The zero-order chi connectivity index (χ0) is 25.5. The van der Waals surface area contributed by atoms with Crippen LogP contribution in [0.2, 0.25) is 0 Å². The Morgan fingerprint density at radius 3 is 2.33 bits per heavy atom. The number of benzene rings is 3. The second-order valence-corrected chi connectivity index (χ2v) is 8.30. The molecule has 36 heavy (non-hydrogen) atoms. The number of rotatable bonds is 11. The SMILES string of the molecule is CCOc1ccc(OCc2ccc(OCc3nc(-c4ccccc4)oc3C)cc2)cc1C(C)C(=O)O. The van der Waals surface area contributed by atoms with E-state index in [1.54, 1.807) is 25.1 Å². The number of carboxylic acids is 1. The highest BCUT2D eigenvalue weighted by atomic mass is 16.5. The zero-order valence-corrected chi connectivity index (χ0v) is 20.6. The number of aryl methyl sites for hydroxylation is 1. The van der Waals surface area contributed by atoms with E-state index in [0.29, 0.717) is 48.5 Å². The monoisotopic (exact) mass is 487 g/mol. The first-order valence-corrected chi connectivity index (χ1v) is 11.8. The van der Waals surface area contributed by atoms with Crippen LogP contribution < -0.4 is 14.2 Å². The van der Waals surface area contributed by atoms with Gasteiger partial charge in [-0.2, -0.15) is 0 Å². The standard InChI is InChI=1S/C29H29NO6/c1-4-33-27-15-14-24(16-25(27)19(2)29(31)32)34-17-21-10-12-23(13-11-21)35-18-26-20(3)36-28(30-26)22-8-6-5-7-9-22/h5-16,19H,4,17-18H2,1-3H3,(H,31,32). The normalized spacial score (nSPS) is 11.6. The van der Waals surface area contributed by atoms with Gasteiger partial charge in [0.2, 0.25) is 5.89 Å². The molecule has 0 amide bonds. The summed E-state index contributed by atoms with van der Waals surface area (Å²) in [6.45, 7) is 6.46. The molecule has 0 radical (unpaired) electrons. The van der Waals surface area contributed by atoms with E-state index in [4.69, 9.17) is 18.6 Å². The van der Waals surface area contributed by atoms with Crippen molar-refractivity contribution in [3.05, 3.63) is 95.4 Å². The summed E-state index contributed by atoms with van der Waals surface area (Å²) in [6.07, 6.45) is 0. The molecule has 0 saturated heterocycles. The molecule has 1 heterocycles. The van der Waals surface area contributed by atoms with Gasteiger partial charge in [0.25, 0.3) is 0 Å². The van der Waals surface area contributed by atoms with Gasteiger partial charge >= 0.3 is 5.97 Å². The van der Waals surface area contributed by atoms with Gasteiger partial charge in [-0.15, -0.1) is 0 Å².